The molecule has 1 aromatic carbocycles. The molecule has 1 aromatic rings. The van der Waals surface area contributed by atoms with E-state index in [2.05, 4.69) is 22.1 Å². The van der Waals surface area contributed by atoms with Crippen LogP contribution in [0.5, 0.6) is 0 Å². The molecule has 1 amide bonds. The van der Waals surface area contributed by atoms with Crippen LogP contribution < -0.4 is 5.32 Å². The quantitative estimate of drug-likeness (QED) is 0.660. The van der Waals surface area contributed by atoms with Gasteiger partial charge in [-0.2, -0.15) is 0 Å². The van der Waals surface area contributed by atoms with Gasteiger partial charge in [-0.3, -0.25) is 4.79 Å². The molecule has 0 atom stereocenters. The number of benzene rings is 1. The lowest BCUT2D eigenvalue weighted by atomic mass is 9.96. The van der Waals surface area contributed by atoms with Crippen molar-refractivity contribution in [3.8, 4) is 0 Å². The minimum atomic E-state index is -0.264. The molecule has 0 unspecified atom stereocenters. The Morgan fingerprint density at radius 2 is 1.85 bits per heavy atom. The first-order valence-corrected chi connectivity index (χ1v) is 11.4. The summed E-state index contributed by atoms with van der Waals surface area (Å²) in [5.41, 5.74) is 3.29. The number of halogens is 1. The highest BCUT2D eigenvalue weighted by atomic mass is 19.1. The molecule has 180 valence electrons. The van der Waals surface area contributed by atoms with Gasteiger partial charge in [0.15, 0.2) is 0 Å². The molecule has 0 radical (unpaired) electrons. The average molecular weight is 457 g/mol. The molecule has 7 heteroatoms. The van der Waals surface area contributed by atoms with Crippen molar-refractivity contribution in [2.45, 2.75) is 46.6 Å². The SMILES string of the molecule is CC/C=C/NC1=NC=C(c2ccccc2F)/C1=C(/C)N1CCN(C=O)CC1.COC(C)(C)C. The molecule has 1 N–H and O–H groups in total. The van der Waals surface area contributed by atoms with Gasteiger partial charge in [0.2, 0.25) is 6.41 Å². The smallest absolute Gasteiger partial charge is 0.209 e. The topological polar surface area (TPSA) is 57.2 Å². The van der Waals surface area contributed by atoms with Crippen molar-refractivity contribution in [2.75, 3.05) is 33.3 Å². The van der Waals surface area contributed by atoms with Crippen LogP contribution in [0.1, 0.15) is 46.6 Å². The van der Waals surface area contributed by atoms with E-state index < -0.39 is 0 Å². The molecule has 1 fully saturated rings. The third-order valence-electron chi connectivity index (χ3n) is 5.48. The third kappa shape index (κ3) is 7.56. The van der Waals surface area contributed by atoms with Crippen LogP contribution in [0, 0.1) is 5.82 Å². The number of methoxy groups -OCH3 is 1. The summed E-state index contributed by atoms with van der Waals surface area (Å²) in [5, 5.41) is 3.24. The summed E-state index contributed by atoms with van der Waals surface area (Å²) in [6.45, 7) is 13.0. The Labute approximate surface area is 197 Å². The summed E-state index contributed by atoms with van der Waals surface area (Å²) in [7, 11) is 1.71. The summed E-state index contributed by atoms with van der Waals surface area (Å²) < 4.78 is 19.4. The van der Waals surface area contributed by atoms with Crippen molar-refractivity contribution < 1.29 is 13.9 Å². The Balaban J connectivity index is 0.000000569. The van der Waals surface area contributed by atoms with E-state index in [4.69, 9.17) is 4.74 Å². The number of ether oxygens (including phenoxy) is 1. The number of rotatable bonds is 5. The first kappa shape index (κ1) is 26.3. The second kappa shape index (κ2) is 12.3. The van der Waals surface area contributed by atoms with Crippen molar-refractivity contribution in [3.63, 3.8) is 0 Å². The van der Waals surface area contributed by atoms with E-state index in [1.807, 2.05) is 46.0 Å². The molecule has 3 rings (SSSR count). The number of hydrogen-bond acceptors (Lipinski definition) is 5. The number of nitrogens with zero attached hydrogens (tertiary/aromatic N) is 3. The lowest BCUT2D eigenvalue weighted by Crippen LogP contribution is -2.45. The zero-order valence-electron chi connectivity index (χ0n) is 20.7. The number of aliphatic imine (C=N–C) groups is 1. The van der Waals surface area contributed by atoms with E-state index in [-0.39, 0.29) is 11.4 Å². The maximum atomic E-state index is 14.4. The zero-order chi connectivity index (χ0) is 24.4. The van der Waals surface area contributed by atoms with Gasteiger partial charge in [-0.25, -0.2) is 9.38 Å². The second-order valence-electron chi connectivity index (χ2n) is 8.86. The van der Waals surface area contributed by atoms with E-state index in [1.54, 1.807) is 30.3 Å². The molecular weight excluding hydrogens is 419 g/mol. The predicted octanol–water partition coefficient (Wildman–Crippen LogP) is 4.57. The minimum Gasteiger partial charge on any atom is -0.379 e. The second-order valence-corrected chi connectivity index (χ2v) is 8.86. The number of nitrogens with one attached hydrogen (secondary N) is 1. The Hall–Kier alpha value is -2.93. The number of carbonyl (C=O) groups is 1. The fraction of sp³-hybridized carbons (Fsp3) is 0.462. The maximum absolute atomic E-state index is 14.4. The summed E-state index contributed by atoms with van der Waals surface area (Å²) in [6.07, 6.45) is 7.42. The highest BCUT2D eigenvalue weighted by Crippen LogP contribution is 2.33. The number of piperazine rings is 1. The predicted molar refractivity (Wildman–Crippen MR) is 133 cm³/mol. The molecule has 1 saturated heterocycles. The van der Waals surface area contributed by atoms with Crippen molar-refractivity contribution >= 4 is 17.8 Å². The highest BCUT2D eigenvalue weighted by Gasteiger charge is 2.26. The molecule has 33 heavy (non-hydrogen) atoms. The average Bonchev–Trinajstić information content (AvgIpc) is 3.22. The van der Waals surface area contributed by atoms with Gasteiger partial charge in [0.05, 0.1) is 5.60 Å². The van der Waals surface area contributed by atoms with Gasteiger partial charge < -0.3 is 19.9 Å². The van der Waals surface area contributed by atoms with E-state index in [0.717, 1.165) is 42.8 Å². The maximum Gasteiger partial charge on any atom is 0.209 e. The van der Waals surface area contributed by atoms with Gasteiger partial charge in [-0.15, -0.1) is 0 Å². The molecule has 2 heterocycles. The van der Waals surface area contributed by atoms with Crippen molar-refractivity contribution in [3.05, 3.63) is 65.4 Å². The lowest BCUT2D eigenvalue weighted by molar-refractivity contribution is -0.119. The third-order valence-corrected chi connectivity index (χ3v) is 5.48. The van der Waals surface area contributed by atoms with Gasteiger partial charge in [0.25, 0.3) is 0 Å². The first-order chi connectivity index (χ1) is 15.7. The number of hydrogen-bond donors (Lipinski definition) is 1. The van der Waals surface area contributed by atoms with E-state index in [9.17, 15) is 9.18 Å². The van der Waals surface area contributed by atoms with Crippen LogP contribution in [0.25, 0.3) is 5.57 Å². The summed E-state index contributed by atoms with van der Waals surface area (Å²) in [5.74, 6) is 0.452. The molecule has 2 aliphatic rings. The standard InChI is InChI=1S/C21H25FN4O.C5H12O/c1-3-4-9-23-21-20(16(2)26-12-10-25(15-27)11-13-26)18(14-24-21)17-7-5-6-8-19(17)22;1-5(2,3)6-4/h4-9,14-15H,3,10-13H2,1-2H3,(H,23,24);1-4H3/b9-4+,20-16+;. The monoisotopic (exact) mass is 456 g/mol. The molecule has 2 aliphatic heterocycles. The van der Waals surface area contributed by atoms with Crippen LogP contribution in [0.15, 0.2) is 59.0 Å². The highest BCUT2D eigenvalue weighted by molar-refractivity contribution is 6.16. The number of amidine groups is 1. The molecule has 0 spiro atoms. The molecular formula is C26H37FN4O2. The van der Waals surface area contributed by atoms with Gasteiger partial charge in [-0.1, -0.05) is 31.2 Å². The van der Waals surface area contributed by atoms with Crippen LogP contribution in [-0.4, -0.2) is 60.9 Å². The van der Waals surface area contributed by atoms with Gasteiger partial charge in [0.1, 0.15) is 11.7 Å². The molecule has 0 aliphatic carbocycles. The first-order valence-electron chi connectivity index (χ1n) is 11.4. The Morgan fingerprint density at radius 1 is 1.21 bits per heavy atom. The lowest BCUT2D eigenvalue weighted by Gasteiger charge is -2.35. The van der Waals surface area contributed by atoms with E-state index in [1.165, 1.54) is 6.07 Å². The molecule has 0 aromatic heterocycles. The van der Waals surface area contributed by atoms with Gasteiger partial charge in [-0.05, 0) is 46.4 Å². The fourth-order valence-electron chi connectivity index (χ4n) is 3.32. The van der Waals surface area contributed by atoms with E-state index >= 15 is 0 Å². The van der Waals surface area contributed by atoms with Crippen LogP contribution in [0.2, 0.25) is 0 Å². The Bertz CT molecular complexity index is 920. The van der Waals surface area contributed by atoms with Crippen molar-refractivity contribution in [1.82, 2.24) is 15.1 Å². The summed E-state index contributed by atoms with van der Waals surface area (Å²) in [6, 6.07) is 6.76. The van der Waals surface area contributed by atoms with Crippen LogP contribution >= 0.6 is 0 Å². The van der Waals surface area contributed by atoms with Crippen molar-refractivity contribution in [2.24, 2.45) is 4.99 Å². The zero-order valence-corrected chi connectivity index (χ0v) is 20.7. The Morgan fingerprint density at radius 3 is 2.39 bits per heavy atom. The molecule has 0 saturated carbocycles. The normalized spacial score (nSPS) is 17.9. The van der Waals surface area contributed by atoms with Crippen molar-refractivity contribution in [1.29, 1.82) is 0 Å². The fourth-order valence-corrected chi connectivity index (χ4v) is 3.32. The molecule has 6 nitrogen and oxygen atoms in total. The van der Waals surface area contributed by atoms with Crippen LogP contribution in [0.3, 0.4) is 0 Å². The van der Waals surface area contributed by atoms with Crippen LogP contribution in [-0.2, 0) is 9.53 Å². The van der Waals surface area contributed by atoms with Crippen LogP contribution in [0.4, 0.5) is 4.39 Å². The summed E-state index contributed by atoms with van der Waals surface area (Å²) >= 11 is 0. The van der Waals surface area contributed by atoms with E-state index in [0.29, 0.717) is 24.5 Å². The number of allylic oxidation sites excluding steroid dienone is 2. The largest absolute Gasteiger partial charge is 0.379 e. The molecule has 0 bridgehead atoms. The summed E-state index contributed by atoms with van der Waals surface area (Å²) in [4.78, 5) is 19.5. The van der Waals surface area contributed by atoms with Gasteiger partial charge in [0, 0.05) is 61.9 Å². The number of amides is 1. The Kier molecular flexibility index (Phi) is 9.85. The number of carbonyl (C=O) groups excluding carboxylic acids is 1. The minimum absolute atomic E-state index is 0.0417. The van der Waals surface area contributed by atoms with Gasteiger partial charge >= 0.3 is 0 Å².